The number of rotatable bonds is 5. The molecule has 5 heteroatoms. The van der Waals surface area contributed by atoms with E-state index in [4.69, 9.17) is 0 Å². The molecular weight excluding hydrogens is 338 g/mol. The van der Waals surface area contributed by atoms with E-state index in [1.807, 2.05) is 69.3 Å². The largest absolute Gasteiger partial charge is 0.324 e. The van der Waals surface area contributed by atoms with Crippen LogP contribution in [0.25, 0.3) is 11.3 Å². The second kappa shape index (κ2) is 7.99. The molecule has 138 valence electrons. The first-order valence-electron chi connectivity index (χ1n) is 9.03. The average molecular weight is 361 g/mol. The molecule has 5 nitrogen and oxygen atoms in total. The Labute approximate surface area is 158 Å². The topological polar surface area (TPSA) is 64.0 Å². The Morgan fingerprint density at radius 1 is 1.07 bits per heavy atom. The van der Waals surface area contributed by atoms with Gasteiger partial charge in [0.2, 0.25) is 5.91 Å². The van der Waals surface area contributed by atoms with E-state index in [0.29, 0.717) is 17.8 Å². The van der Waals surface area contributed by atoms with Crippen LogP contribution in [0, 0.1) is 13.8 Å². The lowest BCUT2D eigenvalue weighted by Gasteiger charge is -2.18. The van der Waals surface area contributed by atoms with Crippen LogP contribution in [0.15, 0.2) is 65.5 Å². The van der Waals surface area contributed by atoms with Crippen LogP contribution in [0.1, 0.15) is 30.5 Å². The van der Waals surface area contributed by atoms with Gasteiger partial charge >= 0.3 is 0 Å². The summed E-state index contributed by atoms with van der Waals surface area (Å²) in [4.78, 5) is 25.2. The maximum atomic E-state index is 12.8. The highest BCUT2D eigenvalue weighted by Crippen LogP contribution is 2.23. The van der Waals surface area contributed by atoms with Gasteiger partial charge in [0.1, 0.15) is 6.04 Å². The molecule has 3 aromatic rings. The molecule has 0 aliphatic rings. The standard InChI is InChI=1S/C22H23N3O2/c1-4-20(22(27)23-17-8-6-5-7-9-17)25-21(26)13-12-19(24-25)18-14-15(2)10-11-16(18)3/h5-14,20H,4H2,1-3H3,(H,23,27)/t20-/m1/s1. The molecule has 1 heterocycles. The smallest absolute Gasteiger partial charge is 0.267 e. The molecule has 27 heavy (non-hydrogen) atoms. The molecule has 0 radical (unpaired) electrons. The van der Waals surface area contributed by atoms with Crippen LogP contribution >= 0.6 is 0 Å². The Morgan fingerprint density at radius 2 is 1.81 bits per heavy atom. The third-order valence-corrected chi connectivity index (χ3v) is 4.52. The van der Waals surface area contributed by atoms with Crippen molar-refractivity contribution in [2.24, 2.45) is 0 Å². The van der Waals surface area contributed by atoms with Gasteiger partial charge in [-0.1, -0.05) is 42.8 Å². The van der Waals surface area contributed by atoms with E-state index in [0.717, 1.165) is 16.7 Å². The van der Waals surface area contributed by atoms with Crippen molar-refractivity contribution in [3.8, 4) is 11.3 Å². The number of amides is 1. The van der Waals surface area contributed by atoms with Gasteiger partial charge in [0, 0.05) is 17.3 Å². The van der Waals surface area contributed by atoms with Crippen molar-refractivity contribution in [2.75, 3.05) is 5.32 Å². The molecule has 0 unspecified atom stereocenters. The van der Waals surface area contributed by atoms with Crippen LogP contribution in [0.3, 0.4) is 0 Å². The van der Waals surface area contributed by atoms with Gasteiger partial charge in [-0.2, -0.15) is 5.10 Å². The number of hydrogen-bond donors (Lipinski definition) is 1. The number of para-hydroxylation sites is 1. The summed E-state index contributed by atoms with van der Waals surface area (Å²) in [5.74, 6) is -0.253. The van der Waals surface area contributed by atoms with Crippen molar-refractivity contribution < 1.29 is 4.79 Å². The third-order valence-electron chi connectivity index (χ3n) is 4.52. The molecule has 3 rings (SSSR count). The summed E-state index contributed by atoms with van der Waals surface area (Å²) in [6.45, 7) is 5.89. The first kappa shape index (κ1) is 18.6. The van der Waals surface area contributed by atoms with E-state index in [9.17, 15) is 9.59 Å². The monoisotopic (exact) mass is 361 g/mol. The van der Waals surface area contributed by atoms with E-state index in [-0.39, 0.29) is 11.5 Å². The maximum absolute atomic E-state index is 12.8. The van der Waals surface area contributed by atoms with E-state index in [1.54, 1.807) is 6.07 Å². The molecule has 0 fully saturated rings. The summed E-state index contributed by atoms with van der Waals surface area (Å²) < 4.78 is 1.29. The predicted molar refractivity (Wildman–Crippen MR) is 108 cm³/mol. The van der Waals surface area contributed by atoms with Gasteiger partial charge in [0.15, 0.2) is 0 Å². The highest BCUT2D eigenvalue weighted by molar-refractivity contribution is 5.93. The van der Waals surface area contributed by atoms with Crippen molar-refractivity contribution in [3.05, 3.63) is 82.1 Å². The second-order valence-corrected chi connectivity index (χ2v) is 6.60. The summed E-state index contributed by atoms with van der Waals surface area (Å²) in [6.07, 6.45) is 0.460. The summed E-state index contributed by atoms with van der Waals surface area (Å²) >= 11 is 0. The molecule has 0 bridgehead atoms. The summed E-state index contributed by atoms with van der Waals surface area (Å²) in [5.41, 5.74) is 4.23. The zero-order valence-electron chi connectivity index (χ0n) is 15.8. The molecule has 0 aliphatic heterocycles. The van der Waals surface area contributed by atoms with Crippen LogP contribution in [-0.2, 0) is 4.79 Å². The maximum Gasteiger partial charge on any atom is 0.267 e. The van der Waals surface area contributed by atoms with Crippen molar-refractivity contribution in [3.63, 3.8) is 0 Å². The minimum atomic E-state index is -0.678. The molecule has 1 aromatic heterocycles. The molecule has 0 aliphatic carbocycles. The number of nitrogens with zero attached hydrogens (tertiary/aromatic N) is 2. The van der Waals surface area contributed by atoms with Crippen LogP contribution < -0.4 is 10.9 Å². The minimum Gasteiger partial charge on any atom is -0.324 e. The lowest BCUT2D eigenvalue weighted by molar-refractivity contribution is -0.119. The summed E-state index contributed by atoms with van der Waals surface area (Å²) in [6, 6.07) is 17.8. The normalized spacial score (nSPS) is 11.8. The zero-order chi connectivity index (χ0) is 19.4. The number of hydrogen-bond acceptors (Lipinski definition) is 3. The fourth-order valence-corrected chi connectivity index (χ4v) is 3.02. The van der Waals surface area contributed by atoms with Crippen LogP contribution in [0.5, 0.6) is 0 Å². The number of anilines is 1. The molecule has 2 aromatic carbocycles. The third kappa shape index (κ3) is 4.14. The first-order valence-corrected chi connectivity index (χ1v) is 9.03. The number of benzene rings is 2. The highest BCUT2D eigenvalue weighted by atomic mass is 16.2. The Bertz CT molecular complexity index is 1010. The van der Waals surface area contributed by atoms with Gasteiger partial charge in [-0.25, -0.2) is 4.68 Å². The predicted octanol–water partition coefficient (Wildman–Crippen LogP) is 4.12. The van der Waals surface area contributed by atoms with E-state index >= 15 is 0 Å². The molecule has 0 saturated heterocycles. The summed E-state index contributed by atoms with van der Waals surface area (Å²) in [7, 11) is 0. The van der Waals surface area contributed by atoms with Gasteiger partial charge in [-0.3, -0.25) is 9.59 Å². The molecule has 1 N–H and O–H groups in total. The molecule has 0 saturated carbocycles. The molecule has 1 atom stereocenters. The fourth-order valence-electron chi connectivity index (χ4n) is 3.02. The Hall–Kier alpha value is -3.21. The van der Waals surface area contributed by atoms with Gasteiger partial charge in [0.05, 0.1) is 5.69 Å². The molecule has 1 amide bonds. The second-order valence-electron chi connectivity index (χ2n) is 6.60. The van der Waals surface area contributed by atoms with Crippen molar-refractivity contribution >= 4 is 11.6 Å². The Kier molecular flexibility index (Phi) is 5.50. The quantitative estimate of drug-likeness (QED) is 0.743. The zero-order valence-corrected chi connectivity index (χ0v) is 15.8. The lowest BCUT2D eigenvalue weighted by Crippen LogP contribution is -2.34. The van der Waals surface area contributed by atoms with Crippen molar-refractivity contribution in [1.29, 1.82) is 0 Å². The number of nitrogens with one attached hydrogen (secondary N) is 1. The number of carbonyl (C=O) groups is 1. The van der Waals surface area contributed by atoms with E-state index in [2.05, 4.69) is 10.4 Å². The van der Waals surface area contributed by atoms with Gasteiger partial charge in [0.25, 0.3) is 5.56 Å². The lowest BCUT2D eigenvalue weighted by atomic mass is 10.0. The molecular formula is C22H23N3O2. The Balaban J connectivity index is 1.98. The van der Waals surface area contributed by atoms with Crippen LogP contribution in [-0.4, -0.2) is 15.7 Å². The van der Waals surface area contributed by atoms with Gasteiger partial charge < -0.3 is 5.32 Å². The first-order chi connectivity index (χ1) is 13.0. The minimum absolute atomic E-state index is 0.253. The SMILES string of the molecule is CC[C@H](C(=O)Nc1ccccc1)n1nc(-c2cc(C)ccc2C)ccc1=O. The Morgan fingerprint density at radius 3 is 2.52 bits per heavy atom. The van der Waals surface area contributed by atoms with Crippen LogP contribution in [0.4, 0.5) is 5.69 Å². The van der Waals surface area contributed by atoms with Gasteiger partial charge in [-0.15, -0.1) is 0 Å². The van der Waals surface area contributed by atoms with Crippen molar-refractivity contribution in [2.45, 2.75) is 33.2 Å². The van der Waals surface area contributed by atoms with Gasteiger partial charge in [-0.05, 0) is 50.1 Å². The van der Waals surface area contributed by atoms with Crippen LogP contribution in [0.2, 0.25) is 0 Å². The summed E-state index contributed by atoms with van der Waals surface area (Å²) in [5, 5.41) is 7.38. The highest BCUT2D eigenvalue weighted by Gasteiger charge is 2.21. The fraction of sp³-hybridized carbons (Fsp3) is 0.227. The number of carbonyl (C=O) groups excluding carboxylic acids is 1. The number of aryl methyl sites for hydroxylation is 2. The number of aromatic nitrogens is 2. The van der Waals surface area contributed by atoms with E-state index < -0.39 is 6.04 Å². The van der Waals surface area contributed by atoms with E-state index in [1.165, 1.54) is 10.7 Å². The average Bonchev–Trinajstić information content (AvgIpc) is 2.66. The molecule has 0 spiro atoms. The van der Waals surface area contributed by atoms with Crippen molar-refractivity contribution in [1.82, 2.24) is 9.78 Å².